The van der Waals surface area contributed by atoms with Crippen molar-refractivity contribution in [1.29, 1.82) is 0 Å². The molecule has 0 spiro atoms. The fourth-order valence-corrected chi connectivity index (χ4v) is 2.49. The Hall–Kier alpha value is -1.36. The van der Waals surface area contributed by atoms with Gasteiger partial charge in [-0.05, 0) is 25.7 Å². The van der Waals surface area contributed by atoms with E-state index in [4.69, 9.17) is 10.5 Å². The number of anilines is 2. The maximum Gasteiger partial charge on any atom is 0.158 e. The molecule has 0 aliphatic rings. The number of nitrogens with zero attached hydrogens (tertiary/aromatic N) is 2. The highest BCUT2D eigenvalue weighted by Gasteiger charge is 2.25. The highest BCUT2D eigenvalue weighted by Crippen LogP contribution is 2.29. The Balaban J connectivity index is 2.86. The molecule has 0 amide bonds. The molecule has 0 fully saturated rings. The Kier molecular flexibility index (Phi) is 4.74. The number of hydrogen-bond acceptors (Lipinski definition) is 5. The van der Waals surface area contributed by atoms with Gasteiger partial charge in [-0.2, -0.15) is 0 Å². The molecule has 5 nitrogen and oxygen atoms in total. The molecule has 1 aromatic heterocycles. The van der Waals surface area contributed by atoms with Gasteiger partial charge in [-0.15, -0.1) is 0 Å². The van der Waals surface area contributed by atoms with Gasteiger partial charge in [0.05, 0.1) is 0 Å². The van der Waals surface area contributed by atoms with Crippen LogP contribution in [-0.2, 0) is 11.3 Å². The first-order chi connectivity index (χ1) is 8.61. The van der Waals surface area contributed by atoms with Gasteiger partial charge in [-0.25, -0.2) is 9.97 Å². The maximum absolute atomic E-state index is 5.79. The van der Waals surface area contributed by atoms with Crippen LogP contribution in [-0.4, -0.2) is 22.6 Å². The van der Waals surface area contributed by atoms with Crippen LogP contribution in [0.25, 0.3) is 0 Å². The Morgan fingerprint density at radius 2 is 1.84 bits per heavy atom. The average molecular weight is 266 g/mol. The summed E-state index contributed by atoms with van der Waals surface area (Å²) in [7, 11) is 1.61. The van der Waals surface area contributed by atoms with E-state index in [-0.39, 0.29) is 11.0 Å². The van der Waals surface area contributed by atoms with E-state index in [9.17, 15) is 0 Å². The summed E-state index contributed by atoms with van der Waals surface area (Å²) in [5.41, 5.74) is 5.96. The first kappa shape index (κ1) is 15.7. The highest BCUT2D eigenvalue weighted by molar-refractivity contribution is 5.46. The van der Waals surface area contributed by atoms with Crippen LogP contribution < -0.4 is 11.1 Å². The molecule has 3 N–H and O–H groups in total. The highest BCUT2D eigenvalue weighted by atomic mass is 16.5. The fraction of sp³-hybridized carbons (Fsp3) is 0.714. The van der Waals surface area contributed by atoms with Crippen LogP contribution in [0.15, 0.2) is 6.07 Å². The molecule has 0 saturated heterocycles. The van der Waals surface area contributed by atoms with Crippen molar-refractivity contribution in [3.8, 4) is 0 Å². The zero-order valence-electron chi connectivity index (χ0n) is 12.9. The monoisotopic (exact) mass is 266 g/mol. The van der Waals surface area contributed by atoms with E-state index in [1.807, 2.05) is 0 Å². The largest absolute Gasteiger partial charge is 0.384 e. The minimum absolute atomic E-state index is 0.0661. The molecule has 0 aromatic carbocycles. The van der Waals surface area contributed by atoms with Crippen LogP contribution >= 0.6 is 0 Å². The van der Waals surface area contributed by atoms with Gasteiger partial charge in [0.1, 0.15) is 18.2 Å². The third-order valence-corrected chi connectivity index (χ3v) is 2.50. The first-order valence-corrected chi connectivity index (χ1v) is 6.52. The molecule has 1 heterocycles. The molecule has 0 aliphatic carbocycles. The van der Waals surface area contributed by atoms with Crippen molar-refractivity contribution in [1.82, 2.24) is 9.97 Å². The quantitative estimate of drug-likeness (QED) is 0.857. The third-order valence-electron chi connectivity index (χ3n) is 2.50. The van der Waals surface area contributed by atoms with Crippen molar-refractivity contribution in [3.05, 3.63) is 11.9 Å². The molecule has 0 radical (unpaired) electrons. The summed E-state index contributed by atoms with van der Waals surface area (Å²) in [5, 5.41) is 3.43. The van der Waals surface area contributed by atoms with Crippen LogP contribution in [0, 0.1) is 5.41 Å². The van der Waals surface area contributed by atoms with Crippen molar-refractivity contribution < 1.29 is 4.74 Å². The summed E-state index contributed by atoms with van der Waals surface area (Å²) in [6.07, 6.45) is 1.02. The summed E-state index contributed by atoms with van der Waals surface area (Å²) in [6, 6.07) is 1.75. The number of nitrogens with one attached hydrogen (secondary N) is 1. The first-order valence-electron chi connectivity index (χ1n) is 6.52. The second kappa shape index (κ2) is 5.74. The summed E-state index contributed by atoms with van der Waals surface area (Å²) in [4.78, 5) is 8.54. The van der Waals surface area contributed by atoms with Crippen molar-refractivity contribution >= 4 is 11.6 Å². The maximum atomic E-state index is 5.79. The number of nitrogens with two attached hydrogens (primary N) is 1. The molecule has 5 heteroatoms. The molecule has 0 saturated carbocycles. The number of methoxy groups -OCH3 is 1. The lowest BCUT2D eigenvalue weighted by atomic mass is 9.82. The van der Waals surface area contributed by atoms with E-state index >= 15 is 0 Å². The van der Waals surface area contributed by atoms with Crippen LogP contribution in [0.1, 0.15) is 46.9 Å². The van der Waals surface area contributed by atoms with Gasteiger partial charge >= 0.3 is 0 Å². The lowest BCUT2D eigenvalue weighted by molar-refractivity contribution is 0.178. The fourth-order valence-electron chi connectivity index (χ4n) is 2.49. The number of rotatable bonds is 5. The van der Waals surface area contributed by atoms with Gasteiger partial charge in [0.25, 0.3) is 0 Å². The van der Waals surface area contributed by atoms with Gasteiger partial charge in [0.15, 0.2) is 5.82 Å². The number of ether oxygens (including phenoxy) is 1. The zero-order valence-corrected chi connectivity index (χ0v) is 12.9. The van der Waals surface area contributed by atoms with Gasteiger partial charge in [0.2, 0.25) is 0 Å². The summed E-state index contributed by atoms with van der Waals surface area (Å²) in [6.45, 7) is 11.3. The lowest BCUT2D eigenvalue weighted by Gasteiger charge is -2.33. The molecule has 0 aliphatic heterocycles. The second-order valence-electron chi connectivity index (χ2n) is 6.77. The molecule has 1 aromatic rings. The van der Waals surface area contributed by atoms with E-state index in [1.165, 1.54) is 0 Å². The van der Waals surface area contributed by atoms with Gasteiger partial charge in [-0.1, -0.05) is 20.8 Å². The molecule has 0 atom stereocenters. The van der Waals surface area contributed by atoms with Crippen molar-refractivity contribution in [2.24, 2.45) is 5.41 Å². The Morgan fingerprint density at radius 1 is 1.21 bits per heavy atom. The topological polar surface area (TPSA) is 73.1 Å². The van der Waals surface area contributed by atoms with E-state index < -0.39 is 0 Å². The van der Waals surface area contributed by atoms with Crippen LogP contribution in [0.5, 0.6) is 0 Å². The SMILES string of the molecule is COCc1nc(N)cc(NC(C)(C)CC(C)(C)C)n1. The van der Waals surface area contributed by atoms with Crippen LogP contribution in [0.2, 0.25) is 0 Å². The second-order valence-corrected chi connectivity index (χ2v) is 6.77. The normalized spacial score (nSPS) is 12.5. The van der Waals surface area contributed by atoms with Crippen LogP contribution in [0.3, 0.4) is 0 Å². The molecule has 1 rings (SSSR count). The minimum Gasteiger partial charge on any atom is -0.384 e. The van der Waals surface area contributed by atoms with E-state index in [1.54, 1.807) is 13.2 Å². The molecule has 0 unspecified atom stereocenters. The number of nitrogen functional groups attached to an aromatic ring is 1. The summed E-state index contributed by atoms with van der Waals surface area (Å²) in [5.74, 6) is 1.79. The Morgan fingerprint density at radius 3 is 2.37 bits per heavy atom. The van der Waals surface area contributed by atoms with Crippen LogP contribution in [0.4, 0.5) is 11.6 Å². The van der Waals surface area contributed by atoms with Crippen molar-refractivity contribution in [3.63, 3.8) is 0 Å². The average Bonchev–Trinajstić information content (AvgIpc) is 2.10. The number of aromatic nitrogens is 2. The van der Waals surface area contributed by atoms with E-state index in [2.05, 4.69) is 49.9 Å². The zero-order chi connectivity index (χ0) is 14.7. The standard InChI is InChI=1S/C14H26N4O/c1-13(2,3)9-14(4,5)18-11-7-10(15)16-12(17-11)8-19-6/h7H,8-9H2,1-6H3,(H3,15,16,17,18). The minimum atomic E-state index is -0.0661. The molecular weight excluding hydrogens is 240 g/mol. The molecular formula is C14H26N4O. The van der Waals surface area contributed by atoms with Gasteiger partial charge in [-0.3, -0.25) is 0 Å². The Bertz CT molecular complexity index is 424. The molecule has 0 bridgehead atoms. The van der Waals surface area contributed by atoms with Gasteiger partial charge < -0.3 is 15.8 Å². The summed E-state index contributed by atoms with van der Waals surface area (Å²) < 4.78 is 5.04. The predicted molar refractivity (Wildman–Crippen MR) is 78.9 cm³/mol. The third kappa shape index (κ3) is 5.87. The van der Waals surface area contributed by atoms with Gasteiger partial charge in [0, 0.05) is 18.7 Å². The molecule has 108 valence electrons. The van der Waals surface area contributed by atoms with E-state index in [0.29, 0.717) is 18.2 Å². The number of hydrogen-bond donors (Lipinski definition) is 2. The predicted octanol–water partition coefficient (Wildman–Crippen LogP) is 2.83. The Labute approximate surface area is 116 Å². The van der Waals surface area contributed by atoms with E-state index in [0.717, 1.165) is 12.2 Å². The molecule has 19 heavy (non-hydrogen) atoms. The van der Waals surface area contributed by atoms with Crippen molar-refractivity contribution in [2.45, 2.75) is 53.2 Å². The van der Waals surface area contributed by atoms with Crippen molar-refractivity contribution in [2.75, 3.05) is 18.2 Å². The summed E-state index contributed by atoms with van der Waals surface area (Å²) >= 11 is 0. The smallest absolute Gasteiger partial charge is 0.158 e. The lowest BCUT2D eigenvalue weighted by Crippen LogP contribution is -2.35.